The van der Waals surface area contributed by atoms with E-state index < -0.39 is 6.10 Å². The van der Waals surface area contributed by atoms with Gasteiger partial charge in [-0.15, -0.1) is 12.4 Å². The Balaban J connectivity index is 0.00000408. The Morgan fingerprint density at radius 1 is 1.15 bits per heavy atom. The molecule has 0 unspecified atom stereocenters. The molecular weight excluding hydrogens is 499 g/mol. The van der Waals surface area contributed by atoms with Crippen molar-refractivity contribution in [2.24, 2.45) is 0 Å². The molecule has 0 spiro atoms. The number of urea groups is 1. The molecule has 10 heteroatoms. The Labute approximate surface area is 216 Å². The van der Waals surface area contributed by atoms with Crippen molar-refractivity contribution in [2.75, 3.05) is 18.4 Å². The lowest BCUT2D eigenvalue weighted by molar-refractivity contribution is -0.122. The Morgan fingerprint density at radius 2 is 1.85 bits per heavy atom. The average molecular weight is 530 g/mol. The van der Waals surface area contributed by atoms with Gasteiger partial charge in [0.25, 0.3) is 0 Å². The van der Waals surface area contributed by atoms with Crippen molar-refractivity contribution in [1.82, 2.24) is 15.5 Å². The lowest BCUT2D eigenvalue weighted by atomic mass is 10.1. The summed E-state index contributed by atoms with van der Waals surface area (Å²) in [6, 6.07) is 11.7. The fourth-order valence-electron chi connectivity index (χ4n) is 3.66. The van der Waals surface area contributed by atoms with Gasteiger partial charge in [0.05, 0.1) is 28.7 Å². The summed E-state index contributed by atoms with van der Waals surface area (Å²) in [6.45, 7) is 5.17. The number of aliphatic hydroxyl groups excluding tert-OH is 1. The Bertz CT molecular complexity index is 966. The molecule has 0 radical (unpaired) electrons. The van der Waals surface area contributed by atoms with Gasteiger partial charge in [-0.1, -0.05) is 41.4 Å². The van der Waals surface area contributed by atoms with E-state index in [2.05, 4.69) is 16.0 Å². The van der Waals surface area contributed by atoms with Crippen LogP contribution in [0.25, 0.3) is 0 Å². The van der Waals surface area contributed by atoms with Crippen molar-refractivity contribution in [3.63, 3.8) is 0 Å². The first-order valence-corrected chi connectivity index (χ1v) is 11.8. The number of amides is 3. The molecular formula is C24H31Cl3N4O3. The van der Waals surface area contributed by atoms with Crippen LogP contribution in [0.5, 0.6) is 0 Å². The summed E-state index contributed by atoms with van der Waals surface area (Å²) >= 11 is 12.0. The summed E-state index contributed by atoms with van der Waals surface area (Å²) in [5.74, 6) is 0.0120. The van der Waals surface area contributed by atoms with Crippen molar-refractivity contribution in [3.05, 3.63) is 63.6 Å². The molecule has 0 saturated carbocycles. The first-order chi connectivity index (χ1) is 15.7. The van der Waals surface area contributed by atoms with Gasteiger partial charge in [0, 0.05) is 18.3 Å². The number of halogens is 3. The lowest BCUT2D eigenvalue weighted by Gasteiger charge is -2.29. The summed E-state index contributed by atoms with van der Waals surface area (Å²) < 4.78 is 0. The molecule has 3 rings (SSSR count). The van der Waals surface area contributed by atoms with Crippen molar-refractivity contribution >= 4 is 53.2 Å². The molecule has 7 nitrogen and oxygen atoms in total. The third-order valence-electron chi connectivity index (χ3n) is 5.63. The quantitative estimate of drug-likeness (QED) is 0.397. The minimum atomic E-state index is -0.909. The van der Waals surface area contributed by atoms with Crippen LogP contribution in [0.15, 0.2) is 42.5 Å². The van der Waals surface area contributed by atoms with Crippen LogP contribution in [-0.2, 0) is 11.3 Å². The van der Waals surface area contributed by atoms with Gasteiger partial charge in [0.15, 0.2) is 0 Å². The van der Waals surface area contributed by atoms with Crippen molar-refractivity contribution < 1.29 is 14.7 Å². The maximum atomic E-state index is 12.9. The highest BCUT2D eigenvalue weighted by atomic mass is 35.5. The lowest BCUT2D eigenvalue weighted by Crippen LogP contribution is -2.42. The molecule has 1 aliphatic rings. The molecule has 2 aromatic rings. The van der Waals surface area contributed by atoms with E-state index in [4.69, 9.17) is 23.2 Å². The van der Waals surface area contributed by atoms with Crippen LogP contribution in [0.4, 0.5) is 10.5 Å². The summed E-state index contributed by atoms with van der Waals surface area (Å²) in [6.07, 6.45) is 0.973. The second-order valence-electron chi connectivity index (χ2n) is 8.43. The first kappa shape index (κ1) is 28.2. The molecule has 1 fully saturated rings. The van der Waals surface area contributed by atoms with Crippen LogP contribution in [0, 0.1) is 0 Å². The topological polar surface area (TPSA) is 93.7 Å². The summed E-state index contributed by atoms with van der Waals surface area (Å²) in [5, 5.41) is 20.4. The number of carbonyl (C=O) groups excluding carboxylic acids is 2. The predicted molar refractivity (Wildman–Crippen MR) is 139 cm³/mol. The van der Waals surface area contributed by atoms with E-state index in [0.717, 1.165) is 24.9 Å². The van der Waals surface area contributed by atoms with Crippen LogP contribution >= 0.6 is 35.6 Å². The van der Waals surface area contributed by atoms with E-state index in [1.165, 1.54) is 0 Å². The Hall–Kier alpha value is -2.03. The highest BCUT2D eigenvalue weighted by Crippen LogP contribution is 2.26. The van der Waals surface area contributed by atoms with E-state index in [-0.39, 0.29) is 43.0 Å². The summed E-state index contributed by atoms with van der Waals surface area (Å²) in [4.78, 5) is 26.6. The van der Waals surface area contributed by atoms with Gasteiger partial charge in [0.2, 0.25) is 5.91 Å². The molecule has 4 N–H and O–H groups in total. The summed E-state index contributed by atoms with van der Waals surface area (Å²) in [7, 11) is 0. The minimum absolute atomic E-state index is 0. The standard InChI is InChI=1S/C24H30Cl2N4O3.ClH/c1-15(2)30(14-22(31)17-7-10-19(25)20(26)12-17)24(33)29-18-8-5-16(6-9-18)13-28-23(32)21-4-3-11-27-21;/h5-10,12,15,21-22,27,31H,3-4,11,13-14H2,1-2H3,(H,28,32)(H,29,33);1H/t21-,22-;/m1./s1. The smallest absolute Gasteiger partial charge is 0.322 e. The van der Waals surface area contributed by atoms with Gasteiger partial charge in [-0.25, -0.2) is 4.79 Å². The first-order valence-electron chi connectivity index (χ1n) is 11.0. The van der Waals surface area contributed by atoms with Gasteiger partial charge in [0.1, 0.15) is 0 Å². The SMILES string of the molecule is CC(C)N(C[C@@H](O)c1ccc(Cl)c(Cl)c1)C(=O)Nc1ccc(CNC(=O)[C@H]2CCCN2)cc1.Cl. The Morgan fingerprint density at radius 3 is 2.44 bits per heavy atom. The van der Waals surface area contributed by atoms with E-state index in [0.29, 0.717) is 27.8 Å². The largest absolute Gasteiger partial charge is 0.387 e. The van der Waals surface area contributed by atoms with Gasteiger partial charge >= 0.3 is 6.03 Å². The zero-order chi connectivity index (χ0) is 24.0. The average Bonchev–Trinajstić information content (AvgIpc) is 3.33. The van der Waals surface area contributed by atoms with Crippen LogP contribution in [0.2, 0.25) is 10.0 Å². The van der Waals surface area contributed by atoms with Crippen molar-refractivity contribution in [2.45, 2.75) is 51.4 Å². The fourth-order valence-corrected chi connectivity index (χ4v) is 3.97. The molecule has 0 bridgehead atoms. The van der Waals surface area contributed by atoms with Crippen molar-refractivity contribution in [1.29, 1.82) is 0 Å². The van der Waals surface area contributed by atoms with Crippen LogP contribution in [-0.4, -0.2) is 47.1 Å². The molecule has 1 saturated heterocycles. The fraction of sp³-hybridized carbons (Fsp3) is 0.417. The van der Waals surface area contributed by atoms with Crippen LogP contribution in [0.3, 0.4) is 0 Å². The summed E-state index contributed by atoms with van der Waals surface area (Å²) in [5.41, 5.74) is 2.15. The molecule has 2 aromatic carbocycles. The molecule has 3 amide bonds. The third kappa shape index (κ3) is 7.75. The van der Waals surface area contributed by atoms with E-state index in [9.17, 15) is 14.7 Å². The normalized spacial score (nSPS) is 16.0. The number of hydrogen-bond donors (Lipinski definition) is 4. The van der Waals surface area contributed by atoms with Gasteiger partial charge in [-0.3, -0.25) is 4.79 Å². The monoisotopic (exact) mass is 528 g/mol. The number of nitrogens with one attached hydrogen (secondary N) is 3. The minimum Gasteiger partial charge on any atom is -0.387 e. The number of aliphatic hydroxyl groups is 1. The number of hydrogen-bond acceptors (Lipinski definition) is 4. The zero-order valence-corrected chi connectivity index (χ0v) is 21.5. The number of nitrogens with zero attached hydrogens (tertiary/aromatic N) is 1. The maximum Gasteiger partial charge on any atom is 0.322 e. The van der Waals surface area contributed by atoms with Gasteiger partial charge in [-0.2, -0.15) is 0 Å². The van der Waals surface area contributed by atoms with Crippen LogP contribution < -0.4 is 16.0 Å². The highest BCUT2D eigenvalue weighted by molar-refractivity contribution is 6.42. The predicted octanol–water partition coefficient (Wildman–Crippen LogP) is 4.76. The second kappa shape index (κ2) is 13.2. The molecule has 1 heterocycles. The van der Waals surface area contributed by atoms with Crippen LogP contribution in [0.1, 0.15) is 43.9 Å². The molecule has 0 aromatic heterocycles. The van der Waals surface area contributed by atoms with Gasteiger partial charge in [-0.05, 0) is 68.6 Å². The van der Waals surface area contributed by atoms with E-state index >= 15 is 0 Å². The Kier molecular flexibility index (Phi) is 10.9. The zero-order valence-electron chi connectivity index (χ0n) is 19.2. The molecule has 34 heavy (non-hydrogen) atoms. The van der Waals surface area contributed by atoms with E-state index in [1.54, 1.807) is 35.2 Å². The molecule has 0 aliphatic carbocycles. The molecule has 1 aliphatic heterocycles. The third-order valence-corrected chi connectivity index (χ3v) is 6.37. The highest BCUT2D eigenvalue weighted by Gasteiger charge is 2.23. The van der Waals surface area contributed by atoms with Crippen molar-refractivity contribution in [3.8, 4) is 0 Å². The number of carbonyl (C=O) groups is 2. The second-order valence-corrected chi connectivity index (χ2v) is 9.24. The maximum absolute atomic E-state index is 12.9. The number of anilines is 1. The van der Waals surface area contributed by atoms with E-state index in [1.807, 2.05) is 26.0 Å². The number of rotatable bonds is 8. The molecule has 2 atom stereocenters. The molecule has 186 valence electrons. The van der Waals surface area contributed by atoms with Gasteiger partial charge < -0.3 is 26.0 Å². The number of benzene rings is 2.